The average molecular weight is 602 g/mol. The normalized spacial score (nSPS) is 15.5. The lowest BCUT2D eigenvalue weighted by Crippen LogP contribution is -2.49. The number of rotatable bonds is 9. The Balaban J connectivity index is 1.76. The van der Waals surface area contributed by atoms with Crippen LogP contribution in [-0.4, -0.2) is 95.0 Å². The van der Waals surface area contributed by atoms with Crippen LogP contribution in [0.2, 0.25) is 10.2 Å². The molecule has 1 aliphatic heterocycles. The number of anilines is 1. The molecule has 1 aromatic carbocycles. The van der Waals surface area contributed by atoms with E-state index >= 15 is 0 Å². The van der Waals surface area contributed by atoms with Gasteiger partial charge in [-0.3, -0.25) is 9.58 Å². The number of aliphatic hydroxyl groups excluding tert-OH is 1. The summed E-state index contributed by atoms with van der Waals surface area (Å²) in [4.78, 5) is 13.1. The molecule has 0 bridgehead atoms. The number of benzene rings is 1. The zero-order chi connectivity index (χ0) is 29.2. The molecule has 9 nitrogen and oxygen atoms in total. The maximum Gasteiger partial charge on any atom is 0.401 e. The maximum atomic E-state index is 13.0. The summed E-state index contributed by atoms with van der Waals surface area (Å²) in [6, 6.07) is 5.07. The van der Waals surface area contributed by atoms with E-state index in [2.05, 4.69) is 10.4 Å². The van der Waals surface area contributed by atoms with Gasteiger partial charge < -0.3 is 20.1 Å². The summed E-state index contributed by atoms with van der Waals surface area (Å²) >= 11 is 12.9. The fourth-order valence-corrected chi connectivity index (χ4v) is 5.12. The molecule has 2 N–H and O–H groups in total. The largest absolute Gasteiger partial charge is 0.491 e. The Morgan fingerprint density at radius 1 is 1.10 bits per heavy atom. The van der Waals surface area contributed by atoms with Crippen molar-refractivity contribution < 1.29 is 23.0 Å². The number of alkyl halides is 3. The molecule has 2 aromatic heterocycles. The number of ether oxygens (including phenoxy) is 1. The lowest BCUT2D eigenvalue weighted by Gasteiger charge is -2.36. The summed E-state index contributed by atoms with van der Waals surface area (Å²) in [6.07, 6.45) is -4.96. The number of nitrogens with one attached hydrogen (secondary N) is 1. The summed E-state index contributed by atoms with van der Waals surface area (Å²) in [5.74, 6) is 1.38. The lowest BCUT2D eigenvalue weighted by atomic mass is 10.1. The molecule has 1 aliphatic rings. The third-order valence-corrected chi connectivity index (χ3v) is 7.39. The Kier molecular flexibility index (Phi) is 9.46. The summed E-state index contributed by atoms with van der Waals surface area (Å²) in [5.41, 5.74) is 3.27. The molecule has 14 heteroatoms. The molecule has 0 amide bonds. The fourth-order valence-electron chi connectivity index (χ4n) is 4.72. The molecular weight excluding hydrogens is 570 g/mol. The Hall–Kier alpha value is -2.64. The van der Waals surface area contributed by atoms with Crippen molar-refractivity contribution in [1.29, 1.82) is 0 Å². The van der Waals surface area contributed by atoms with Gasteiger partial charge in [-0.15, -0.1) is 0 Å². The average Bonchev–Trinajstić information content (AvgIpc) is 3.14. The van der Waals surface area contributed by atoms with Crippen molar-refractivity contribution in [2.24, 2.45) is 7.05 Å². The monoisotopic (exact) mass is 601 g/mol. The van der Waals surface area contributed by atoms with Crippen LogP contribution >= 0.6 is 23.2 Å². The first-order chi connectivity index (χ1) is 18.9. The summed E-state index contributed by atoms with van der Waals surface area (Å²) in [6.45, 7) is 4.42. The van der Waals surface area contributed by atoms with Crippen LogP contribution in [0.4, 0.5) is 19.0 Å². The molecule has 4 rings (SSSR count). The van der Waals surface area contributed by atoms with E-state index in [1.165, 1.54) is 4.90 Å². The van der Waals surface area contributed by atoms with Crippen LogP contribution in [0.5, 0.6) is 5.75 Å². The second kappa shape index (κ2) is 12.5. The minimum absolute atomic E-state index is 0.0715. The van der Waals surface area contributed by atoms with E-state index in [0.717, 1.165) is 11.1 Å². The molecule has 218 valence electrons. The van der Waals surface area contributed by atoms with Gasteiger partial charge in [-0.25, -0.2) is 9.97 Å². The highest BCUT2D eigenvalue weighted by Crippen LogP contribution is 2.37. The van der Waals surface area contributed by atoms with Crippen LogP contribution in [0, 0.1) is 13.8 Å². The zero-order valence-electron chi connectivity index (χ0n) is 22.7. The molecule has 0 radical (unpaired) electrons. The number of halogens is 5. The van der Waals surface area contributed by atoms with Crippen molar-refractivity contribution in [3.05, 3.63) is 39.5 Å². The maximum absolute atomic E-state index is 13.0. The van der Waals surface area contributed by atoms with Gasteiger partial charge in [0.25, 0.3) is 0 Å². The predicted octanol–water partition coefficient (Wildman–Crippen LogP) is 4.11. The number of hydrogen-bond acceptors (Lipinski definition) is 8. The number of likely N-dealkylation sites (N-methyl/N-ethyl adjacent to an activating group) is 1. The first-order valence-corrected chi connectivity index (χ1v) is 13.5. The molecule has 1 fully saturated rings. The SMILES string of the molecule is CNC[C@@H](O)COc1ccc(Cl)c(-c2nc(-c3c(C)c(Cl)nn3C)c(C)c(N3CCN(CC(F)(F)F)CC3)n2)c1. The van der Waals surface area contributed by atoms with Gasteiger partial charge in [-0.1, -0.05) is 23.2 Å². The van der Waals surface area contributed by atoms with Crippen molar-refractivity contribution >= 4 is 29.0 Å². The van der Waals surface area contributed by atoms with Gasteiger partial charge in [0.2, 0.25) is 0 Å². The topological polar surface area (TPSA) is 91.6 Å². The van der Waals surface area contributed by atoms with E-state index in [9.17, 15) is 18.3 Å². The third kappa shape index (κ3) is 6.98. The van der Waals surface area contributed by atoms with Gasteiger partial charge in [0.1, 0.15) is 24.3 Å². The fraction of sp³-hybridized carbons (Fsp3) is 0.500. The lowest BCUT2D eigenvalue weighted by molar-refractivity contribution is -0.146. The number of hydrogen-bond donors (Lipinski definition) is 2. The first kappa shape index (κ1) is 30.3. The smallest absolute Gasteiger partial charge is 0.401 e. The van der Waals surface area contributed by atoms with Gasteiger partial charge in [0, 0.05) is 56.5 Å². The van der Waals surface area contributed by atoms with E-state index < -0.39 is 18.8 Å². The van der Waals surface area contributed by atoms with Crippen LogP contribution in [0.25, 0.3) is 22.8 Å². The predicted molar refractivity (Wildman–Crippen MR) is 149 cm³/mol. The Labute approximate surface area is 240 Å². The van der Waals surface area contributed by atoms with Crippen LogP contribution in [0.3, 0.4) is 0 Å². The van der Waals surface area contributed by atoms with E-state index in [1.807, 2.05) is 18.7 Å². The van der Waals surface area contributed by atoms with Gasteiger partial charge in [0.15, 0.2) is 11.0 Å². The molecular formula is C26H32Cl2F3N7O2. The first-order valence-electron chi connectivity index (χ1n) is 12.8. The molecule has 3 aromatic rings. The molecule has 0 spiro atoms. The highest BCUT2D eigenvalue weighted by molar-refractivity contribution is 6.33. The van der Waals surface area contributed by atoms with Crippen LogP contribution in [0.15, 0.2) is 18.2 Å². The third-order valence-electron chi connectivity index (χ3n) is 6.71. The van der Waals surface area contributed by atoms with Gasteiger partial charge in [0.05, 0.1) is 23.0 Å². The molecule has 1 atom stereocenters. The van der Waals surface area contributed by atoms with Crippen molar-refractivity contribution in [1.82, 2.24) is 30.0 Å². The van der Waals surface area contributed by atoms with Crippen molar-refractivity contribution in [2.75, 3.05) is 57.8 Å². The highest BCUT2D eigenvalue weighted by Gasteiger charge is 2.33. The van der Waals surface area contributed by atoms with Crippen LogP contribution in [0.1, 0.15) is 11.1 Å². The molecule has 0 saturated carbocycles. The Morgan fingerprint density at radius 2 is 1.80 bits per heavy atom. The quantitative estimate of drug-likeness (QED) is 0.379. The van der Waals surface area contributed by atoms with Gasteiger partial charge >= 0.3 is 6.18 Å². The summed E-state index contributed by atoms with van der Waals surface area (Å²) in [5, 5.41) is 18.0. The van der Waals surface area contributed by atoms with Crippen LogP contribution < -0.4 is 15.0 Å². The minimum Gasteiger partial charge on any atom is -0.491 e. The molecule has 3 heterocycles. The second-order valence-electron chi connectivity index (χ2n) is 9.77. The number of aryl methyl sites for hydroxylation is 1. The zero-order valence-corrected chi connectivity index (χ0v) is 24.2. The standard InChI is InChI=1S/C26H32Cl2F3N7O2/c1-15-21(22-16(2)23(28)35-36(22)4)33-24(19-11-18(5-6-20(19)27)40-13-17(39)12-32-3)34-25(15)38-9-7-37(8-10-38)14-26(29,30)31/h5-6,11,17,32,39H,7-10,12-14H2,1-4H3/t17-/m1/s1. The highest BCUT2D eigenvalue weighted by atomic mass is 35.5. The van der Waals surface area contributed by atoms with Crippen molar-refractivity contribution in [3.8, 4) is 28.5 Å². The molecule has 1 saturated heterocycles. The summed E-state index contributed by atoms with van der Waals surface area (Å²) < 4.78 is 46.3. The Bertz CT molecular complexity index is 1340. The number of aromatic nitrogens is 4. The number of nitrogens with zero attached hydrogens (tertiary/aromatic N) is 6. The van der Waals surface area contributed by atoms with E-state index in [0.29, 0.717) is 64.2 Å². The number of aliphatic hydroxyl groups is 1. The van der Waals surface area contributed by atoms with E-state index in [4.69, 9.17) is 37.9 Å². The van der Waals surface area contributed by atoms with Crippen LogP contribution in [-0.2, 0) is 7.05 Å². The van der Waals surface area contributed by atoms with Crippen molar-refractivity contribution in [2.45, 2.75) is 26.1 Å². The van der Waals surface area contributed by atoms with Gasteiger partial charge in [-0.05, 0) is 39.1 Å². The Morgan fingerprint density at radius 3 is 2.40 bits per heavy atom. The van der Waals surface area contributed by atoms with E-state index in [-0.39, 0.29) is 19.7 Å². The second-order valence-corrected chi connectivity index (χ2v) is 10.5. The molecule has 0 unspecified atom stereocenters. The van der Waals surface area contributed by atoms with E-state index in [1.54, 1.807) is 37.0 Å². The minimum atomic E-state index is -4.25. The number of piperazine rings is 1. The molecule has 40 heavy (non-hydrogen) atoms. The summed E-state index contributed by atoms with van der Waals surface area (Å²) in [7, 11) is 3.50. The van der Waals surface area contributed by atoms with Gasteiger partial charge in [-0.2, -0.15) is 18.3 Å². The molecule has 0 aliphatic carbocycles. The van der Waals surface area contributed by atoms with Crippen molar-refractivity contribution in [3.63, 3.8) is 0 Å².